The number of carbonyl (C=O) groups is 3. The van der Waals surface area contributed by atoms with Gasteiger partial charge in [0.05, 0.1) is 0 Å². The molecule has 0 unspecified atom stereocenters. The second-order valence-corrected chi connectivity index (χ2v) is 8.33. The van der Waals surface area contributed by atoms with Gasteiger partial charge < -0.3 is 14.2 Å². The third-order valence-corrected chi connectivity index (χ3v) is 4.27. The molecule has 1 aliphatic carbocycles. The second-order valence-electron chi connectivity index (χ2n) is 8.33. The van der Waals surface area contributed by atoms with Gasteiger partial charge in [0.15, 0.2) is 0 Å². The molecule has 0 fully saturated rings. The summed E-state index contributed by atoms with van der Waals surface area (Å²) < 4.78 is 14.4. The highest BCUT2D eigenvalue weighted by Gasteiger charge is 2.28. The summed E-state index contributed by atoms with van der Waals surface area (Å²) in [6, 6.07) is 16.6. The van der Waals surface area contributed by atoms with Crippen LogP contribution in [-0.2, 0) is 28.6 Å². The molecule has 0 aromatic heterocycles. The largest absolute Gasteiger partial charge is 0.465 e. The van der Waals surface area contributed by atoms with Crippen molar-refractivity contribution in [1.29, 1.82) is 0 Å². The lowest BCUT2D eigenvalue weighted by Gasteiger charge is -2.17. The monoisotopic (exact) mass is 484 g/mol. The van der Waals surface area contributed by atoms with Gasteiger partial charge in [-0.15, -0.1) is 0 Å². The molecule has 0 spiro atoms. The van der Waals surface area contributed by atoms with Gasteiger partial charge in [0, 0.05) is 26.7 Å². The molecule has 0 saturated heterocycles. The fourth-order valence-corrected chi connectivity index (χ4v) is 3.25. The van der Waals surface area contributed by atoms with E-state index in [9.17, 15) is 14.4 Å². The number of esters is 3. The molecule has 0 amide bonds. The van der Waals surface area contributed by atoms with E-state index in [2.05, 4.69) is 35.6 Å². The molecule has 0 N–H and O–H groups in total. The van der Waals surface area contributed by atoms with Gasteiger partial charge in [-0.1, -0.05) is 75.0 Å². The maximum absolute atomic E-state index is 11.0. The Kier molecular flexibility index (Phi) is 14.7. The predicted molar refractivity (Wildman–Crippen MR) is 140 cm³/mol. The predicted octanol–water partition coefficient (Wildman–Crippen LogP) is 6.47. The lowest BCUT2D eigenvalue weighted by molar-refractivity contribution is -0.152. The van der Waals surface area contributed by atoms with Gasteiger partial charge in [0.1, 0.15) is 18.8 Å². The zero-order chi connectivity index (χ0) is 27.0. The number of benzene rings is 2. The molecule has 0 saturated carbocycles. The quantitative estimate of drug-likeness (QED) is 0.281. The van der Waals surface area contributed by atoms with Crippen molar-refractivity contribution in [3.05, 3.63) is 72.3 Å². The Labute approximate surface area is 210 Å². The smallest absolute Gasteiger partial charge is 0.303 e. The number of ether oxygens (including phenoxy) is 3. The molecule has 6 nitrogen and oxygen atoms in total. The van der Waals surface area contributed by atoms with Crippen molar-refractivity contribution in [3.63, 3.8) is 0 Å². The molecule has 1 aliphatic rings. The van der Waals surface area contributed by atoms with Gasteiger partial charge in [-0.05, 0) is 43.0 Å². The molecule has 0 radical (unpaired) electrons. The minimum atomic E-state index is -0.328. The van der Waals surface area contributed by atoms with Crippen LogP contribution in [0.1, 0.15) is 72.4 Å². The van der Waals surface area contributed by atoms with Crippen LogP contribution in [-0.4, -0.2) is 36.7 Å². The molecule has 3 rings (SSSR count). The highest BCUT2D eigenvalue weighted by Crippen LogP contribution is 2.44. The SMILES string of the molecule is C=CCOC(C)=O.CC.CC(=O)OC(C)(C)C.CC(=O)OCC1c2ccccc2-c2ccccc21. The zero-order valence-corrected chi connectivity index (χ0v) is 22.3. The average molecular weight is 485 g/mol. The van der Waals surface area contributed by atoms with E-state index < -0.39 is 0 Å². The van der Waals surface area contributed by atoms with Crippen molar-refractivity contribution in [2.45, 2.75) is 66.9 Å². The van der Waals surface area contributed by atoms with E-state index in [0.717, 1.165) is 0 Å². The highest BCUT2D eigenvalue weighted by molar-refractivity contribution is 5.79. The Balaban J connectivity index is 0.000000571. The van der Waals surface area contributed by atoms with Gasteiger partial charge in [0.2, 0.25) is 0 Å². The first-order valence-electron chi connectivity index (χ1n) is 11.7. The summed E-state index contributed by atoms with van der Waals surface area (Å²) in [5, 5.41) is 0. The van der Waals surface area contributed by atoms with Gasteiger partial charge >= 0.3 is 17.9 Å². The molecule has 0 aliphatic heterocycles. The van der Waals surface area contributed by atoms with Crippen LogP contribution in [0.2, 0.25) is 0 Å². The Morgan fingerprint density at radius 3 is 1.51 bits per heavy atom. The van der Waals surface area contributed by atoms with Crippen LogP contribution in [0.4, 0.5) is 0 Å². The van der Waals surface area contributed by atoms with E-state index in [1.165, 1.54) is 49.1 Å². The summed E-state index contributed by atoms with van der Waals surface area (Å²) in [7, 11) is 0. The normalized spacial score (nSPS) is 10.9. The molecule has 35 heavy (non-hydrogen) atoms. The van der Waals surface area contributed by atoms with E-state index in [4.69, 9.17) is 9.47 Å². The lowest BCUT2D eigenvalue weighted by atomic mass is 9.98. The maximum Gasteiger partial charge on any atom is 0.303 e. The molecular formula is C29H40O6. The third-order valence-electron chi connectivity index (χ3n) is 4.27. The number of rotatable bonds is 4. The average Bonchev–Trinajstić information content (AvgIpc) is 3.10. The summed E-state index contributed by atoms with van der Waals surface area (Å²) in [5.74, 6) is -0.546. The van der Waals surface area contributed by atoms with E-state index in [1.807, 2.05) is 58.9 Å². The van der Waals surface area contributed by atoms with E-state index in [1.54, 1.807) is 0 Å². The van der Waals surface area contributed by atoms with Crippen LogP contribution < -0.4 is 0 Å². The van der Waals surface area contributed by atoms with Crippen LogP contribution in [0.3, 0.4) is 0 Å². The first kappa shape index (κ1) is 31.6. The number of carbonyl (C=O) groups excluding carboxylic acids is 3. The van der Waals surface area contributed by atoms with Gasteiger partial charge in [-0.25, -0.2) is 0 Å². The Morgan fingerprint density at radius 2 is 1.23 bits per heavy atom. The summed E-state index contributed by atoms with van der Waals surface area (Å²) in [5.41, 5.74) is 4.68. The minimum Gasteiger partial charge on any atom is -0.465 e. The van der Waals surface area contributed by atoms with Crippen molar-refractivity contribution in [2.24, 2.45) is 0 Å². The molecule has 0 bridgehead atoms. The molecule has 6 heteroatoms. The molecule has 192 valence electrons. The van der Waals surface area contributed by atoms with Crippen molar-refractivity contribution in [3.8, 4) is 11.1 Å². The summed E-state index contributed by atoms with van der Waals surface area (Å²) in [6.07, 6.45) is 1.53. The van der Waals surface area contributed by atoms with E-state index in [0.29, 0.717) is 13.2 Å². The topological polar surface area (TPSA) is 78.9 Å². The number of fused-ring (bicyclic) bond motifs is 3. The van der Waals surface area contributed by atoms with Crippen molar-refractivity contribution < 1.29 is 28.6 Å². The first-order valence-corrected chi connectivity index (χ1v) is 11.7. The van der Waals surface area contributed by atoms with Crippen LogP contribution >= 0.6 is 0 Å². The summed E-state index contributed by atoms with van der Waals surface area (Å²) >= 11 is 0. The summed E-state index contributed by atoms with van der Waals surface area (Å²) in [4.78, 5) is 31.2. The van der Waals surface area contributed by atoms with Gasteiger partial charge in [-0.3, -0.25) is 14.4 Å². The fourth-order valence-electron chi connectivity index (χ4n) is 3.25. The number of hydrogen-bond acceptors (Lipinski definition) is 6. The van der Waals surface area contributed by atoms with Crippen LogP contribution in [0.15, 0.2) is 61.2 Å². The van der Waals surface area contributed by atoms with Crippen LogP contribution in [0.5, 0.6) is 0 Å². The molecule has 2 aromatic rings. The maximum atomic E-state index is 11.0. The van der Waals surface area contributed by atoms with Crippen molar-refractivity contribution in [1.82, 2.24) is 0 Å². The Bertz CT molecular complexity index is 910. The third kappa shape index (κ3) is 12.6. The lowest BCUT2D eigenvalue weighted by Crippen LogP contribution is -2.21. The molecule has 0 atom stereocenters. The fraction of sp³-hybridized carbons (Fsp3) is 0.414. The minimum absolute atomic E-state index is 0.168. The first-order chi connectivity index (χ1) is 16.5. The Hall–Kier alpha value is -3.41. The standard InChI is InChI=1S/C16H14O2.C6H12O2.C5H8O2.C2H6/c1-11(17)18-10-16-14-8-4-2-6-12(14)13-7-3-5-9-15(13)16;1-5(7)8-6(2,3)4;1-3-4-7-5(2)6;1-2/h2-9,16H,10H2,1H3;1-4H3;3H,1,4H2,2H3;1-2H3. The molecule has 0 heterocycles. The zero-order valence-electron chi connectivity index (χ0n) is 22.3. The second kappa shape index (κ2) is 16.3. The van der Waals surface area contributed by atoms with Crippen LogP contribution in [0.25, 0.3) is 11.1 Å². The van der Waals surface area contributed by atoms with Crippen molar-refractivity contribution >= 4 is 17.9 Å². The van der Waals surface area contributed by atoms with E-state index >= 15 is 0 Å². The molecule has 2 aromatic carbocycles. The number of hydrogen-bond donors (Lipinski definition) is 0. The Morgan fingerprint density at radius 1 is 0.800 bits per heavy atom. The van der Waals surface area contributed by atoms with Crippen molar-refractivity contribution in [2.75, 3.05) is 13.2 Å². The molecular weight excluding hydrogens is 444 g/mol. The van der Waals surface area contributed by atoms with Crippen LogP contribution in [0, 0.1) is 0 Å². The van der Waals surface area contributed by atoms with E-state index in [-0.39, 0.29) is 29.4 Å². The van der Waals surface area contributed by atoms with Gasteiger partial charge in [0.25, 0.3) is 0 Å². The van der Waals surface area contributed by atoms with Gasteiger partial charge in [-0.2, -0.15) is 0 Å². The highest BCUT2D eigenvalue weighted by atomic mass is 16.6. The summed E-state index contributed by atoms with van der Waals surface area (Å²) in [6.45, 7) is 17.8.